The van der Waals surface area contributed by atoms with Gasteiger partial charge in [-0.25, -0.2) is 0 Å². The number of methoxy groups -OCH3 is 1. The number of benzene rings is 1. The summed E-state index contributed by atoms with van der Waals surface area (Å²) in [5, 5.41) is 1.06. The van der Waals surface area contributed by atoms with E-state index in [1.165, 1.54) is 11.6 Å². The number of esters is 1. The SMILES string of the molecule is C=CC[C@]1(C(=O)OC)CC=CC[C@H]1C[Se]c1ccccc1. The molecule has 1 aromatic rings. The monoisotopic (exact) mass is 350 g/mol. The van der Waals surface area contributed by atoms with Gasteiger partial charge >= 0.3 is 133 Å². The number of carbonyl (C=O) groups excluding carboxylic acids is 1. The summed E-state index contributed by atoms with van der Waals surface area (Å²) in [4.78, 5) is 12.4. The molecule has 0 fully saturated rings. The van der Waals surface area contributed by atoms with E-state index in [9.17, 15) is 4.79 Å². The number of ether oxygens (including phenoxy) is 1. The van der Waals surface area contributed by atoms with Crippen LogP contribution < -0.4 is 4.46 Å². The van der Waals surface area contributed by atoms with Crippen molar-refractivity contribution in [2.45, 2.75) is 24.6 Å². The predicted octanol–water partition coefficient (Wildman–Crippen LogP) is 3.14. The molecule has 0 spiro atoms. The van der Waals surface area contributed by atoms with Crippen LogP contribution in [0.1, 0.15) is 19.3 Å². The fraction of sp³-hybridized carbons (Fsp3) is 0.389. The van der Waals surface area contributed by atoms with E-state index in [1.54, 1.807) is 0 Å². The van der Waals surface area contributed by atoms with Crippen molar-refractivity contribution in [1.29, 1.82) is 0 Å². The van der Waals surface area contributed by atoms with Gasteiger partial charge in [0.25, 0.3) is 0 Å². The van der Waals surface area contributed by atoms with Crippen molar-refractivity contribution in [1.82, 2.24) is 0 Å². The van der Waals surface area contributed by atoms with E-state index >= 15 is 0 Å². The average molecular weight is 349 g/mol. The Labute approximate surface area is 133 Å². The second-order valence-corrected chi connectivity index (χ2v) is 7.67. The van der Waals surface area contributed by atoms with E-state index in [0.717, 1.165) is 18.2 Å². The molecule has 1 aliphatic carbocycles. The van der Waals surface area contributed by atoms with Crippen LogP contribution >= 0.6 is 0 Å². The molecule has 2 rings (SSSR count). The molecule has 2 nitrogen and oxygen atoms in total. The summed E-state index contributed by atoms with van der Waals surface area (Å²) in [6.07, 6.45) is 8.60. The van der Waals surface area contributed by atoms with Crippen LogP contribution in [0.2, 0.25) is 5.32 Å². The third-order valence-corrected chi connectivity index (χ3v) is 6.61. The molecule has 3 heteroatoms. The Morgan fingerprint density at radius 3 is 2.86 bits per heavy atom. The molecule has 112 valence electrons. The molecule has 21 heavy (non-hydrogen) atoms. The Morgan fingerprint density at radius 1 is 1.43 bits per heavy atom. The van der Waals surface area contributed by atoms with Crippen LogP contribution in [0, 0.1) is 11.3 Å². The summed E-state index contributed by atoms with van der Waals surface area (Å²) >= 11 is 0.386. The second-order valence-electron chi connectivity index (χ2n) is 5.37. The van der Waals surface area contributed by atoms with E-state index in [2.05, 4.69) is 43.0 Å². The molecule has 0 aliphatic heterocycles. The van der Waals surface area contributed by atoms with E-state index in [4.69, 9.17) is 4.74 Å². The minimum atomic E-state index is -0.415. The molecule has 2 atom stereocenters. The standard InChI is InChI=1S/C18H22O2Se/c1-3-12-18(17(19)20-2)13-8-7-9-15(18)14-21-16-10-5-4-6-11-16/h3-8,10-11,15H,1,9,12-14H2,2H3/t15-,18-/m0/s1. The molecule has 0 amide bonds. The van der Waals surface area contributed by atoms with Crippen molar-refractivity contribution in [3.63, 3.8) is 0 Å². The Hall–Kier alpha value is -1.31. The van der Waals surface area contributed by atoms with Crippen molar-refractivity contribution >= 4 is 25.4 Å². The molecular formula is C18H22O2Se. The minimum absolute atomic E-state index is 0.0828. The first-order chi connectivity index (χ1) is 10.2. The molecule has 0 bridgehead atoms. The number of rotatable bonds is 6. The van der Waals surface area contributed by atoms with Crippen molar-refractivity contribution in [3.05, 3.63) is 55.1 Å². The van der Waals surface area contributed by atoms with Crippen LogP contribution in [0.4, 0.5) is 0 Å². The zero-order chi connectivity index (χ0) is 15.1. The van der Waals surface area contributed by atoms with Gasteiger partial charge in [-0.1, -0.05) is 0 Å². The normalized spacial score (nSPS) is 24.5. The van der Waals surface area contributed by atoms with E-state index in [0.29, 0.717) is 27.3 Å². The fourth-order valence-corrected chi connectivity index (χ4v) is 5.45. The van der Waals surface area contributed by atoms with Gasteiger partial charge in [0.2, 0.25) is 0 Å². The molecule has 0 radical (unpaired) electrons. The number of hydrogen-bond acceptors (Lipinski definition) is 2. The Morgan fingerprint density at radius 2 is 2.19 bits per heavy atom. The number of hydrogen-bond donors (Lipinski definition) is 0. The summed E-state index contributed by atoms with van der Waals surface area (Å²) < 4.78 is 6.50. The fourth-order valence-electron chi connectivity index (χ4n) is 2.93. The van der Waals surface area contributed by atoms with Gasteiger partial charge in [-0.15, -0.1) is 0 Å². The van der Waals surface area contributed by atoms with Crippen LogP contribution in [-0.2, 0) is 9.53 Å². The Kier molecular flexibility index (Phi) is 5.84. The van der Waals surface area contributed by atoms with Crippen LogP contribution in [0.25, 0.3) is 0 Å². The van der Waals surface area contributed by atoms with Gasteiger partial charge in [-0.05, 0) is 0 Å². The van der Waals surface area contributed by atoms with Crippen LogP contribution in [0.15, 0.2) is 55.1 Å². The topological polar surface area (TPSA) is 26.3 Å². The first-order valence-corrected chi connectivity index (χ1v) is 9.32. The van der Waals surface area contributed by atoms with Gasteiger partial charge in [0.05, 0.1) is 0 Å². The van der Waals surface area contributed by atoms with Gasteiger partial charge in [0.1, 0.15) is 0 Å². The zero-order valence-corrected chi connectivity index (χ0v) is 14.2. The Bertz CT molecular complexity index is 509. The van der Waals surface area contributed by atoms with E-state index in [1.807, 2.05) is 12.1 Å². The van der Waals surface area contributed by atoms with E-state index in [-0.39, 0.29) is 5.97 Å². The molecule has 0 aromatic heterocycles. The average Bonchev–Trinajstić information content (AvgIpc) is 2.54. The Balaban J connectivity index is 2.15. The van der Waals surface area contributed by atoms with Crippen LogP contribution in [0.3, 0.4) is 0 Å². The summed E-state index contributed by atoms with van der Waals surface area (Å²) in [7, 11) is 1.49. The maximum atomic E-state index is 12.4. The molecular weight excluding hydrogens is 327 g/mol. The quantitative estimate of drug-likeness (QED) is 0.448. The molecule has 1 aromatic carbocycles. The third-order valence-electron chi connectivity index (χ3n) is 4.15. The first kappa shape index (κ1) is 16.1. The summed E-state index contributed by atoms with van der Waals surface area (Å²) in [6.45, 7) is 3.84. The number of carbonyl (C=O) groups is 1. The van der Waals surface area contributed by atoms with Crippen molar-refractivity contribution in [2.75, 3.05) is 7.11 Å². The molecule has 0 saturated carbocycles. The maximum absolute atomic E-state index is 12.4. The van der Waals surface area contributed by atoms with Crippen LogP contribution in [-0.4, -0.2) is 28.0 Å². The summed E-state index contributed by atoms with van der Waals surface area (Å²) in [5.41, 5.74) is -0.415. The molecule has 0 saturated heterocycles. The van der Waals surface area contributed by atoms with Gasteiger partial charge in [-0.3, -0.25) is 0 Å². The first-order valence-electron chi connectivity index (χ1n) is 7.25. The number of allylic oxidation sites excluding steroid dienone is 3. The third kappa shape index (κ3) is 3.66. The van der Waals surface area contributed by atoms with Gasteiger partial charge in [0.15, 0.2) is 0 Å². The second kappa shape index (κ2) is 7.63. The van der Waals surface area contributed by atoms with Gasteiger partial charge in [0, 0.05) is 0 Å². The van der Waals surface area contributed by atoms with Crippen molar-refractivity contribution < 1.29 is 9.53 Å². The zero-order valence-electron chi connectivity index (χ0n) is 12.5. The van der Waals surface area contributed by atoms with Crippen molar-refractivity contribution in [3.8, 4) is 0 Å². The molecule has 1 aliphatic rings. The van der Waals surface area contributed by atoms with E-state index < -0.39 is 5.41 Å². The molecule has 0 heterocycles. The van der Waals surface area contributed by atoms with Crippen molar-refractivity contribution in [2.24, 2.45) is 11.3 Å². The molecule has 0 N–H and O–H groups in total. The summed E-state index contributed by atoms with van der Waals surface area (Å²) in [5.74, 6) is 0.258. The van der Waals surface area contributed by atoms with Gasteiger partial charge in [-0.2, -0.15) is 0 Å². The van der Waals surface area contributed by atoms with Crippen LogP contribution in [0.5, 0.6) is 0 Å². The predicted molar refractivity (Wildman–Crippen MR) is 87.8 cm³/mol. The molecule has 0 unspecified atom stereocenters. The summed E-state index contributed by atoms with van der Waals surface area (Å²) in [6, 6.07) is 10.5. The van der Waals surface area contributed by atoms with Gasteiger partial charge < -0.3 is 0 Å².